The summed E-state index contributed by atoms with van der Waals surface area (Å²) in [5.74, 6) is -0.133. The topological polar surface area (TPSA) is 83.6 Å². The van der Waals surface area contributed by atoms with Crippen LogP contribution in [0, 0.1) is 17.3 Å². The molecule has 0 bridgehead atoms. The molecule has 7 heteroatoms. The number of pyridine rings is 1. The summed E-state index contributed by atoms with van der Waals surface area (Å²) in [5, 5.41) is 17.7. The predicted molar refractivity (Wildman–Crippen MR) is 116 cm³/mol. The number of nitrogens with one attached hydrogen (secondary N) is 1. The van der Waals surface area contributed by atoms with Crippen LogP contribution in [0.25, 0.3) is 22.0 Å². The van der Waals surface area contributed by atoms with Crippen molar-refractivity contribution in [1.29, 1.82) is 5.26 Å². The van der Waals surface area contributed by atoms with Crippen molar-refractivity contribution in [2.24, 2.45) is 0 Å². The number of hydrogen-bond donors (Lipinski definition) is 1. The SMILES string of the molecule is N#Cc1ccc(Cn2nc(-c3ccc(NC4CC4)nc3F)c3ccccc3c2=O)cc1. The van der Waals surface area contributed by atoms with E-state index in [0.717, 1.165) is 18.4 Å². The molecule has 1 aliphatic carbocycles. The van der Waals surface area contributed by atoms with Crippen LogP contribution >= 0.6 is 0 Å². The van der Waals surface area contributed by atoms with Crippen molar-refractivity contribution in [3.8, 4) is 17.3 Å². The Morgan fingerprint density at radius 1 is 1.06 bits per heavy atom. The van der Waals surface area contributed by atoms with Gasteiger partial charge in [-0.25, -0.2) is 9.67 Å². The van der Waals surface area contributed by atoms with Gasteiger partial charge in [0, 0.05) is 11.4 Å². The lowest BCUT2D eigenvalue weighted by Gasteiger charge is -2.12. The van der Waals surface area contributed by atoms with Crippen molar-refractivity contribution in [1.82, 2.24) is 14.8 Å². The number of rotatable bonds is 5. The molecule has 0 unspecified atom stereocenters. The van der Waals surface area contributed by atoms with Crippen LogP contribution in [-0.2, 0) is 6.54 Å². The van der Waals surface area contributed by atoms with Crippen LogP contribution < -0.4 is 10.9 Å². The van der Waals surface area contributed by atoms with Crippen molar-refractivity contribution in [3.63, 3.8) is 0 Å². The second-order valence-electron chi connectivity index (χ2n) is 7.62. The Bertz CT molecular complexity index is 1380. The van der Waals surface area contributed by atoms with Crippen molar-refractivity contribution in [2.45, 2.75) is 25.4 Å². The van der Waals surface area contributed by atoms with E-state index in [1.807, 2.05) is 0 Å². The third-order valence-electron chi connectivity index (χ3n) is 5.32. The van der Waals surface area contributed by atoms with Crippen molar-refractivity contribution in [3.05, 3.63) is 88.1 Å². The van der Waals surface area contributed by atoms with E-state index in [0.29, 0.717) is 33.9 Å². The van der Waals surface area contributed by atoms with Crippen LogP contribution in [0.3, 0.4) is 0 Å². The average Bonchev–Trinajstić information content (AvgIpc) is 3.61. The van der Waals surface area contributed by atoms with E-state index in [4.69, 9.17) is 5.26 Å². The van der Waals surface area contributed by atoms with Gasteiger partial charge in [0.05, 0.1) is 29.1 Å². The first-order valence-electron chi connectivity index (χ1n) is 10.0. The summed E-state index contributed by atoms with van der Waals surface area (Å²) in [5.41, 5.74) is 1.70. The zero-order chi connectivity index (χ0) is 21.4. The number of halogens is 1. The van der Waals surface area contributed by atoms with Gasteiger partial charge in [0.25, 0.3) is 5.56 Å². The smallest absolute Gasteiger partial charge is 0.274 e. The Labute approximate surface area is 177 Å². The van der Waals surface area contributed by atoms with Crippen LogP contribution in [0.2, 0.25) is 0 Å². The summed E-state index contributed by atoms with van der Waals surface area (Å²) in [6.07, 6.45) is 2.13. The molecule has 4 aromatic rings. The summed E-state index contributed by atoms with van der Waals surface area (Å²) < 4.78 is 16.3. The fourth-order valence-corrected chi connectivity index (χ4v) is 3.53. The number of benzene rings is 2. The third kappa shape index (κ3) is 3.76. The van der Waals surface area contributed by atoms with Crippen LogP contribution in [0.1, 0.15) is 24.0 Å². The van der Waals surface area contributed by atoms with E-state index in [9.17, 15) is 9.18 Å². The van der Waals surface area contributed by atoms with Gasteiger partial charge in [0.15, 0.2) is 0 Å². The van der Waals surface area contributed by atoms with Crippen LogP contribution in [0.4, 0.5) is 10.2 Å². The summed E-state index contributed by atoms with van der Waals surface area (Å²) in [4.78, 5) is 17.1. The monoisotopic (exact) mass is 411 g/mol. The number of nitrogens with zero attached hydrogens (tertiary/aromatic N) is 4. The number of anilines is 1. The quantitative estimate of drug-likeness (QED) is 0.500. The van der Waals surface area contributed by atoms with Gasteiger partial charge in [0.1, 0.15) is 11.5 Å². The first-order chi connectivity index (χ1) is 15.1. The molecule has 2 aromatic carbocycles. The maximum absolute atomic E-state index is 15.0. The number of fused-ring (bicyclic) bond motifs is 1. The lowest BCUT2D eigenvalue weighted by molar-refractivity contribution is 0.585. The van der Waals surface area contributed by atoms with E-state index >= 15 is 0 Å². The molecule has 1 fully saturated rings. The minimum atomic E-state index is -0.633. The van der Waals surface area contributed by atoms with E-state index in [1.165, 1.54) is 4.68 Å². The maximum atomic E-state index is 15.0. The zero-order valence-electron chi connectivity index (χ0n) is 16.5. The fraction of sp³-hybridized carbons (Fsp3) is 0.167. The summed E-state index contributed by atoms with van der Waals surface area (Å²) >= 11 is 0. The second-order valence-corrected chi connectivity index (χ2v) is 7.62. The maximum Gasteiger partial charge on any atom is 0.274 e. The molecule has 2 aromatic heterocycles. The molecule has 0 saturated heterocycles. The first-order valence-corrected chi connectivity index (χ1v) is 10.0. The van der Waals surface area contributed by atoms with E-state index < -0.39 is 5.95 Å². The highest BCUT2D eigenvalue weighted by molar-refractivity contribution is 5.93. The van der Waals surface area contributed by atoms with Gasteiger partial charge < -0.3 is 5.32 Å². The van der Waals surface area contributed by atoms with Gasteiger partial charge >= 0.3 is 0 Å². The highest BCUT2D eigenvalue weighted by Gasteiger charge is 2.22. The molecule has 0 radical (unpaired) electrons. The van der Waals surface area contributed by atoms with Gasteiger partial charge in [-0.2, -0.15) is 14.8 Å². The Morgan fingerprint density at radius 3 is 2.48 bits per heavy atom. The Balaban J connectivity index is 1.61. The molecule has 0 atom stereocenters. The molecule has 31 heavy (non-hydrogen) atoms. The van der Waals surface area contributed by atoms with Crippen LogP contribution in [0.5, 0.6) is 0 Å². The van der Waals surface area contributed by atoms with Gasteiger partial charge in [-0.05, 0) is 48.7 Å². The highest BCUT2D eigenvalue weighted by atomic mass is 19.1. The van der Waals surface area contributed by atoms with Gasteiger partial charge in [-0.3, -0.25) is 4.79 Å². The van der Waals surface area contributed by atoms with E-state index in [1.54, 1.807) is 60.7 Å². The minimum absolute atomic E-state index is 0.207. The van der Waals surface area contributed by atoms with Crippen molar-refractivity contribution in [2.75, 3.05) is 5.32 Å². The molecule has 5 rings (SSSR count). The molecule has 1 N–H and O–H groups in total. The molecular weight excluding hydrogens is 393 g/mol. The molecule has 2 heterocycles. The number of nitriles is 1. The summed E-state index contributed by atoms with van der Waals surface area (Å²) in [6.45, 7) is 0.207. The molecule has 0 aliphatic heterocycles. The number of hydrogen-bond acceptors (Lipinski definition) is 5. The molecule has 6 nitrogen and oxygen atoms in total. The molecule has 152 valence electrons. The van der Waals surface area contributed by atoms with Crippen LogP contribution in [0.15, 0.2) is 65.5 Å². The normalized spacial score (nSPS) is 13.2. The van der Waals surface area contributed by atoms with Crippen molar-refractivity contribution >= 4 is 16.6 Å². The molecule has 0 amide bonds. The fourth-order valence-electron chi connectivity index (χ4n) is 3.53. The second kappa shape index (κ2) is 7.65. The minimum Gasteiger partial charge on any atom is -0.367 e. The summed E-state index contributed by atoms with van der Waals surface area (Å²) in [7, 11) is 0. The first kappa shape index (κ1) is 18.9. The third-order valence-corrected chi connectivity index (χ3v) is 5.32. The van der Waals surface area contributed by atoms with Gasteiger partial charge in [-0.15, -0.1) is 0 Å². The lowest BCUT2D eigenvalue weighted by atomic mass is 10.1. The molecular formula is C24H18FN5O. The summed E-state index contributed by atoms with van der Waals surface area (Å²) in [6, 6.07) is 19.8. The highest BCUT2D eigenvalue weighted by Crippen LogP contribution is 2.29. The van der Waals surface area contributed by atoms with E-state index in [-0.39, 0.29) is 17.7 Å². The average molecular weight is 411 g/mol. The van der Waals surface area contributed by atoms with Crippen molar-refractivity contribution < 1.29 is 4.39 Å². The van der Waals surface area contributed by atoms with Gasteiger partial charge in [-0.1, -0.05) is 30.3 Å². The largest absolute Gasteiger partial charge is 0.367 e. The van der Waals surface area contributed by atoms with Crippen LogP contribution in [-0.4, -0.2) is 20.8 Å². The number of aromatic nitrogens is 3. The molecule has 0 spiro atoms. The predicted octanol–water partition coefficient (Wildman–Crippen LogP) is 4.09. The Morgan fingerprint density at radius 2 is 1.81 bits per heavy atom. The lowest BCUT2D eigenvalue weighted by Crippen LogP contribution is -2.24. The standard InChI is InChI=1S/C24H18FN5O/c25-23-20(11-12-21(28-23)27-17-9-10-17)22-18-3-1-2-4-19(18)24(31)30(29-22)14-16-7-5-15(13-26)6-8-16/h1-8,11-12,17H,9-10,14H2,(H,27,28). The van der Waals surface area contributed by atoms with Gasteiger partial charge in [0.2, 0.25) is 5.95 Å². The Kier molecular flexibility index (Phi) is 4.68. The Hall–Kier alpha value is -4.05. The molecule has 1 aliphatic rings. The zero-order valence-corrected chi connectivity index (χ0v) is 16.5. The van der Waals surface area contributed by atoms with E-state index in [2.05, 4.69) is 21.5 Å². The molecule has 1 saturated carbocycles.